The van der Waals surface area contributed by atoms with Crippen LogP contribution in [0.4, 0.5) is 0 Å². The van der Waals surface area contributed by atoms with Gasteiger partial charge in [-0.1, -0.05) is 56.3 Å². The fraction of sp³-hybridized carbons (Fsp3) is 0.208. The van der Waals surface area contributed by atoms with Crippen LogP contribution in [0.3, 0.4) is 0 Å². The van der Waals surface area contributed by atoms with E-state index in [4.69, 9.17) is 15.4 Å². The second-order valence-corrected chi connectivity index (χ2v) is 8.89. The Bertz CT molecular complexity index is 1250. The monoisotopic (exact) mass is 429 g/mol. The highest BCUT2D eigenvalue weighted by molar-refractivity contribution is 7.11. The molecule has 0 radical (unpaired) electrons. The molecule has 31 heavy (non-hydrogen) atoms. The van der Waals surface area contributed by atoms with Gasteiger partial charge in [0.05, 0.1) is 34.9 Å². The average Bonchev–Trinajstić information content (AvgIpc) is 3.46. The van der Waals surface area contributed by atoms with Crippen LogP contribution in [0.25, 0.3) is 27.9 Å². The summed E-state index contributed by atoms with van der Waals surface area (Å²) in [6.07, 6.45) is 0. The lowest BCUT2D eigenvalue weighted by Crippen LogP contribution is -2.35. The van der Waals surface area contributed by atoms with Gasteiger partial charge in [-0.2, -0.15) is 0 Å². The van der Waals surface area contributed by atoms with Crippen LogP contribution in [-0.2, 0) is 0 Å². The number of fused-ring (bicyclic) bond motifs is 1. The molecule has 0 aliphatic carbocycles. The Morgan fingerprint density at radius 1 is 1.06 bits per heavy atom. The molecule has 1 aliphatic rings. The van der Waals surface area contributed by atoms with Crippen LogP contribution in [0.1, 0.15) is 30.7 Å². The first-order valence-corrected chi connectivity index (χ1v) is 11.1. The third-order valence-corrected chi connectivity index (χ3v) is 6.44. The van der Waals surface area contributed by atoms with Gasteiger partial charge in [0.15, 0.2) is 0 Å². The van der Waals surface area contributed by atoms with E-state index in [0.29, 0.717) is 10.6 Å². The van der Waals surface area contributed by atoms with E-state index in [1.165, 1.54) is 11.3 Å². The molecular formula is C24H23N5OS. The van der Waals surface area contributed by atoms with Gasteiger partial charge in [-0.05, 0) is 18.1 Å². The second kappa shape index (κ2) is 7.67. The minimum absolute atomic E-state index is 0.159. The highest BCUT2D eigenvalue weighted by Gasteiger charge is 2.37. The summed E-state index contributed by atoms with van der Waals surface area (Å²) in [6, 6.07) is 17.7. The van der Waals surface area contributed by atoms with Gasteiger partial charge >= 0.3 is 0 Å². The van der Waals surface area contributed by atoms with Crippen molar-refractivity contribution in [1.29, 1.82) is 5.41 Å². The number of benzene rings is 2. The van der Waals surface area contributed by atoms with Crippen molar-refractivity contribution in [3.63, 3.8) is 0 Å². The number of nitrogens with zero attached hydrogens (tertiary/aromatic N) is 3. The summed E-state index contributed by atoms with van der Waals surface area (Å²) in [5.74, 6) is 1.45. The van der Waals surface area contributed by atoms with Crippen LogP contribution in [0.2, 0.25) is 0 Å². The number of aromatic amines is 1. The predicted octanol–water partition coefficient (Wildman–Crippen LogP) is 5.65. The standard InChI is InChI=1S/C24H23N5OS/c1-14(2)21(23-26-16-10-6-7-11-17(16)27-23)29-12-19(30)20(22(29)25)24-28-18(13-31-24)15-8-4-3-5-9-15/h3-11,13-14,21,25,30H,12H2,1-2H3,(H,26,27)/t21-/m1/s1. The first-order valence-electron chi connectivity index (χ1n) is 10.3. The summed E-state index contributed by atoms with van der Waals surface area (Å²) in [5, 5.41) is 22.3. The highest BCUT2D eigenvalue weighted by atomic mass is 32.1. The van der Waals surface area contributed by atoms with E-state index in [-0.39, 0.29) is 30.1 Å². The van der Waals surface area contributed by atoms with Crippen molar-refractivity contribution >= 4 is 33.8 Å². The van der Waals surface area contributed by atoms with E-state index in [2.05, 4.69) is 18.8 Å². The van der Waals surface area contributed by atoms with E-state index >= 15 is 0 Å². The first-order chi connectivity index (χ1) is 15.0. The Balaban J connectivity index is 1.47. The molecule has 2 aromatic heterocycles. The Kier molecular flexibility index (Phi) is 4.82. The minimum atomic E-state index is -0.159. The number of hydrogen-bond donors (Lipinski definition) is 3. The third kappa shape index (κ3) is 3.41. The van der Waals surface area contributed by atoms with Crippen LogP contribution < -0.4 is 0 Å². The second-order valence-electron chi connectivity index (χ2n) is 8.03. The van der Waals surface area contributed by atoms with Gasteiger partial charge in [0.2, 0.25) is 0 Å². The lowest BCUT2D eigenvalue weighted by molar-refractivity contribution is 0.240. The van der Waals surface area contributed by atoms with Crippen molar-refractivity contribution in [2.24, 2.45) is 5.92 Å². The van der Waals surface area contributed by atoms with Crippen molar-refractivity contribution in [2.75, 3.05) is 6.54 Å². The number of imidazole rings is 1. The topological polar surface area (TPSA) is 88.9 Å². The predicted molar refractivity (Wildman–Crippen MR) is 125 cm³/mol. The first kappa shape index (κ1) is 19.5. The Hall–Kier alpha value is -3.45. The zero-order valence-corrected chi connectivity index (χ0v) is 18.1. The van der Waals surface area contributed by atoms with Crippen LogP contribution in [0.15, 0.2) is 65.7 Å². The molecule has 2 aromatic carbocycles. The zero-order valence-electron chi connectivity index (χ0n) is 17.3. The van der Waals surface area contributed by atoms with Gasteiger partial charge in [-0.25, -0.2) is 9.97 Å². The van der Waals surface area contributed by atoms with Crippen molar-refractivity contribution in [3.8, 4) is 11.3 Å². The van der Waals surface area contributed by atoms with Crippen molar-refractivity contribution in [1.82, 2.24) is 19.9 Å². The summed E-state index contributed by atoms with van der Waals surface area (Å²) in [4.78, 5) is 14.8. The quantitative estimate of drug-likeness (QED) is 0.383. The third-order valence-electron chi connectivity index (χ3n) is 5.58. The van der Waals surface area contributed by atoms with Crippen LogP contribution >= 0.6 is 11.3 Å². The van der Waals surface area contributed by atoms with E-state index in [1.807, 2.05) is 64.9 Å². The minimum Gasteiger partial charge on any atom is -0.510 e. The molecular weight excluding hydrogens is 406 g/mol. The smallest absolute Gasteiger partial charge is 0.135 e. The molecule has 4 aromatic rings. The summed E-state index contributed by atoms with van der Waals surface area (Å²) in [7, 11) is 0. The molecule has 7 heteroatoms. The largest absolute Gasteiger partial charge is 0.510 e. The van der Waals surface area contributed by atoms with Gasteiger partial charge in [-0.15, -0.1) is 11.3 Å². The van der Waals surface area contributed by atoms with Crippen molar-refractivity contribution in [2.45, 2.75) is 19.9 Å². The molecule has 156 valence electrons. The Labute approximate surface area is 184 Å². The van der Waals surface area contributed by atoms with Gasteiger partial charge < -0.3 is 15.0 Å². The molecule has 3 heterocycles. The number of nitrogens with one attached hydrogen (secondary N) is 2. The number of aliphatic hydroxyl groups is 1. The SMILES string of the molecule is CC(C)[C@H](c1nc2ccccc2[nH]1)N1CC(O)=C(c2nc(-c3ccccc3)cs2)C1=N. The van der Waals surface area contributed by atoms with Crippen molar-refractivity contribution < 1.29 is 5.11 Å². The van der Waals surface area contributed by atoms with Crippen LogP contribution in [-0.4, -0.2) is 37.3 Å². The molecule has 0 saturated heterocycles. The summed E-state index contributed by atoms with van der Waals surface area (Å²) in [6.45, 7) is 4.49. The molecule has 0 unspecified atom stereocenters. The summed E-state index contributed by atoms with van der Waals surface area (Å²) in [5.41, 5.74) is 4.25. The molecule has 1 aliphatic heterocycles. The normalized spacial score (nSPS) is 15.5. The van der Waals surface area contributed by atoms with E-state index in [9.17, 15) is 5.11 Å². The number of para-hydroxylation sites is 2. The lowest BCUT2D eigenvalue weighted by Gasteiger charge is -2.31. The Morgan fingerprint density at radius 3 is 2.55 bits per heavy atom. The molecule has 5 rings (SSSR count). The molecule has 0 amide bonds. The van der Waals surface area contributed by atoms with Gasteiger partial charge in [0, 0.05) is 10.9 Å². The number of thiazole rings is 1. The zero-order chi connectivity index (χ0) is 21.5. The Morgan fingerprint density at radius 2 is 1.81 bits per heavy atom. The lowest BCUT2D eigenvalue weighted by atomic mass is 10.0. The molecule has 0 fully saturated rings. The number of H-pyrrole nitrogens is 1. The molecule has 0 spiro atoms. The maximum absolute atomic E-state index is 10.8. The fourth-order valence-corrected chi connectivity index (χ4v) is 5.02. The highest BCUT2D eigenvalue weighted by Crippen LogP contribution is 2.38. The van der Waals surface area contributed by atoms with Crippen molar-refractivity contribution in [3.05, 3.63) is 76.6 Å². The van der Waals surface area contributed by atoms with Gasteiger partial charge in [0.1, 0.15) is 22.4 Å². The number of hydrogen-bond acceptors (Lipinski definition) is 5. The maximum atomic E-state index is 10.8. The molecule has 0 saturated carbocycles. The number of amidine groups is 1. The van der Waals surface area contributed by atoms with Gasteiger partial charge in [0.25, 0.3) is 0 Å². The number of rotatable bonds is 5. The van der Waals surface area contributed by atoms with Crippen LogP contribution in [0.5, 0.6) is 0 Å². The molecule has 6 nitrogen and oxygen atoms in total. The summed E-state index contributed by atoms with van der Waals surface area (Å²) < 4.78 is 0. The average molecular weight is 430 g/mol. The van der Waals surface area contributed by atoms with E-state index in [1.54, 1.807) is 0 Å². The van der Waals surface area contributed by atoms with Crippen LogP contribution in [0, 0.1) is 11.3 Å². The molecule has 0 bridgehead atoms. The molecule has 1 atom stereocenters. The maximum Gasteiger partial charge on any atom is 0.135 e. The van der Waals surface area contributed by atoms with E-state index < -0.39 is 0 Å². The fourth-order valence-electron chi connectivity index (χ4n) is 4.13. The summed E-state index contributed by atoms with van der Waals surface area (Å²) >= 11 is 1.45. The molecule has 3 N–H and O–H groups in total. The van der Waals surface area contributed by atoms with Gasteiger partial charge in [-0.3, -0.25) is 5.41 Å². The number of aromatic nitrogens is 3. The number of aliphatic hydroxyl groups excluding tert-OH is 1. The van der Waals surface area contributed by atoms with E-state index in [0.717, 1.165) is 28.1 Å².